The molecule has 26 heavy (non-hydrogen) atoms. The lowest BCUT2D eigenvalue weighted by molar-refractivity contribution is -0.131. The summed E-state index contributed by atoms with van der Waals surface area (Å²) in [6.45, 7) is 10.6. The summed E-state index contributed by atoms with van der Waals surface area (Å²) in [6, 6.07) is 7.94. The highest BCUT2D eigenvalue weighted by atomic mass is 16.5. The fourth-order valence-electron chi connectivity index (χ4n) is 3.03. The molecule has 0 aliphatic rings. The molecule has 1 aromatic carbocycles. The Morgan fingerprint density at radius 1 is 1.12 bits per heavy atom. The Bertz CT molecular complexity index is 790. The van der Waals surface area contributed by atoms with Gasteiger partial charge in [-0.2, -0.15) is 0 Å². The number of aryl methyl sites for hydroxylation is 1. The Kier molecular flexibility index (Phi) is 6.16. The van der Waals surface area contributed by atoms with Crippen molar-refractivity contribution < 1.29 is 9.53 Å². The minimum Gasteiger partial charge on any atom is -0.424 e. The molecule has 1 heterocycles. The molecular weight excluding hydrogens is 326 g/mol. The standard InChI is InChI=1S/C21H29N3O2/c1-13-20(26-14(2)25)19(16-8-6-15(11-22)7-9-16)17(12-23)18(24-13)10-21(3,4)5/h6-9H,10-12,22-23H2,1-5H3. The van der Waals surface area contributed by atoms with Gasteiger partial charge in [0.25, 0.3) is 0 Å². The number of esters is 1. The van der Waals surface area contributed by atoms with Crippen LogP contribution in [0.2, 0.25) is 0 Å². The van der Waals surface area contributed by atoms with E-state index in [1.54, 1.807) is 0 Å². The summed E-state index contributed by atoms with van der Waals surface area (Å²) in [6.07, 6.45) is 0.786. The summed E-state index contributed by atoms with van der Waals surface area (Å²) in [5, 5.41) is 0. The zero-order valence-electron chi connectivity index (χ0n) is 16.3. The second kappa shape index (κ2) is 7.98. The molecule has 0 aliphatic heterocycles. The van der Waals surface area contributed by atoms with Crippen LogP contribution in [0.15, 0.2) is 24.3 Å². The highest BCUT2D eigenvalue weighted by Gasteiger charge is 2.23. The topological polar surface area (TPSA) is 91.2 Å². The van der Waals surface area contributed by atoms with Crippen molar-refractivity contribution in [1.82, 2.24) is 4.98 Å². The number of carbonyl (C=O) groups is 1. The summed E-state index contributed by atoms with van der Waals surface area (Å²) in [5.41, 5.74) is 17.3. The van der Waals surface area contributed by atoms with Crippen molar-refractivity contribution in [3.63, 3.8) is 0 Å². The van der Waals surface area contributed by atoms with Crippen molar-refractivity contribution in [2.45, 2.75) is 54.1 Å². The number of nitrogens with zero attached hydrogens (tertiary/aromatic N) is 1. The number of ether oxygens (including phenoxy) is 1. The lowest BCUT2D eigenvalue weighted by atomic mass is 9.86. The van der Waals surface area contributed by atoms with Gasteiger partial charge in [0.05, 0.1) is 5.69 Å². The number of hydrogen-bond acceptors (Lipinski definition) is 5. The second-order valence-electron chi connectivity index (χ2n) is 7.76. The molecule has 4 N–H and O–H groups in total. The van der Waals surface area contributed by atoms with Gasteiger partial charge in [0.15, 0.2) is 5.75 Å². The van der Waals surface area contributed by atoms with Crippen LogP contribution in [-0.2, 0) is 24.3 Å². The van der Waals surface area contributed by atoms with Gasteiger partial charge in [-0.05, 0) is 35.4 Å². The van der Waals surface area contributed by atoms with E-state index < -0.39 is 0 Å². The number of rotatable bonds is 5. The fraction of sp³-hybridized carbons (Fsp3) is 0.429. The lowest BCUT2D eigenvalue weighted by Crippen LogP contribution is -2.17. The monoisotopic (exact) mass is 355 g/mol. The summed E-state index contributed by atoms with van der Waals surface area (Å²) in [4.78, 5) is 16.4. The molecule has 0 saturated carbocycles. The first kappa shape index (κ1) is 20.1. The highest BCUT2D eigenvalue weighted by molar-refractivity contribution is 5.80. The minimum atomic E-state index is -0.374. The van der Waals surface area contributed by atoms with Crippen LogP contribution in [0.1, 0.15) is 50.2 Å². The average Bonchev–Trinajstić information content (AvgIpc) is 2.55. The fourth-order valence-corrected chi connectivity index (χ4v) is 3.03. The normalized spacial score (nSPS) is 11.5. The minimum absolute atomic E-state index is 0.0625. The number of nitrogens with two attached hydrogens (primary N) is 2. The zero-order chi connectivity index (χ0) is 19.5. The van der Waals surface area contributed by atoms with Crippen molar-refractivity contribution in [3.05, 3.63) is 46.8 Å². The summed E-state index contributed by atoms with van der Waals surface area (Å²) < 4.78 is 5.53. The van der Waals surface area contributed by atoms with Crippen molar-refractivity contribution in [3.8, 4) is 16.9 Å². The summed E-state index contributed by atoms with van der Waals surface area (Å²) >= 11 is 0. The molecule has 0 aliphatic carbocycles. The van der Waals surface area contributed by atoms with Crippen LogP contribution in [0, 0.1) is 12.3 Å². The van der Waals surface area contributed by atoms with Crippen molar-refractivity contribution >= 4 is 5.97 Å². The van der Waals surface area contributed by atoms with E-state index in [0.29, 0.717) is 24.5 Å². The molecule has 0 unspecified atom stereocenters. The van der Waals surface area contributed by atoms with E-state index in [9.17, 15) is 4.79 Å². The molecule has 2 aromatic rings. The molecule has 5 nitrogen and oxygen atoms in total. The van der Waals surface area contributed by atoms with Gasteiger partial charge in [0.1, 0.15) is 0 Å². The molecule has 5 heteroatoms. The van der Waals surface area contributed by atoms with Crippen molar-refractivity contribution in [2.75, 3.05) is 0 Å². The van der Waals surface area contributed by atoms with Gasteiger partial charge < -0.3 is 16.2 Å². The van der Waals surface area contributed by atoms with Crippen LogP contribution < -0.4 is 16.2 Å². The maximum absolute atomic E-state index is 11.7. The molecule has 0 amide bonds. The Labute approximate surface area is 155 Å². The van der Waals surface area contributed by atoms with E-state index in [1.165, 1.54) is 6.92 Å². The third kappa shape index (κ3) is 4.68. The number of benzene rings is 1. The molecule has 0 bridgehead atoms. The van der Waals surface area contributed by atoms with Crippen LogP contribution in [-0.4, -0.2) is 11.0 Å². The largest absolute Gasteiger partial charge is 0.424 e. The number of hydrogen-bond donors (Lipinski definition) is 2. The molecule has 0 radical (unpaired) electrons. The predicted octanol–water partition coefficient (Wildman–Crippen LogP) is 3.49. The molecule has 1 aromatic heterocycles. The first-order valence-electron chi connectivity index (χ1n) is 8.86. The first-order valence-corrected chi connectivity index (χ1v) is 8.86. The Balaban J connectivity index is 2.75. The Hall–Kier alpha value is -2.24. The highest BCUT2D eigenvalue weighted by Crippen LogP contribution is 2.38. The third-order valence-corrected chi connectivity index (χ3v) is 4.13. The van der Waals surface area contributed by atoms with Crippen molar-refractivity contribution in [2.24, 2.45) is 16.9 Å². The van der Waals surface area contributed by atoms with Crippen LogP contribution in [0.3, 0.4) is 0 Å². The van der Waals surface area contributed by atoms with Gasteiger partial charge in [0.2, 0.25) is 0 Å². The van der Waals surface area contributed by atoms with Crippen LogP contribution >= 0.6 is 0 Å². The van der Waals surface area contributed by atoms with Gasteiger partial charge in [-0.3, -0.25) is 9.78 Å². The smallest absolute Gasteiger partial charge is 0.308 e. The maximum Gasteiger partial charge on any atom is 0.308 e. The van der Waals surface area contributed by atoms with Gasteiger partial charge >= 0.3 is 5.97 Å². The average molecular weight is 355 g/mol. The first-order chi connectivity index (χ1) is 12.2. The van der Waals surface area contributed by atoms with Crippen molar-refractivity contribution in [1.29, 1.82) is 0 Å². The van der Waals surface area contributed by atoms with Gasteiger partial charge in [0, 0.05) is 31.3 Å². The van der Waals surface area contributed by atoms with E-state index in [-0.39, 0.29) is 11.4 Å². The van der Waals surface area contributed by atoms with Crippen LogP contribution in [0.25, 0.3) is 11.1 Å². The Morgan fingerprint density at radius 2 is 1.73 bits per heavy atom. The molecular formula is C21H29N3O2. The summed E-state index contributed by atoms with van der Waals surface area (Å²) in [5.74, 6) is 0.109. The Morgan fingerprint density at radius 3 is 2.19 bits per heavy atom. The number of pyridine rings is 1. The van der Waals surface area contributed by atoms with E-state index in [1.807, 2.05) is 31.2 Å². The van der Waals surface area contributed by atoms with Crippen LogP contribution in [0.5, 0.6) is 5.75 Å². The van der Waals surface area contributed by atoms with Gasteiger partial charge in [-0.1, -0.05) is 45.0 Å². The SMILES string of the molecule is CC(=O)Oc1c(C)nc(CC(C)(C)C)c(CN)c1-c1ccc(CN)cc1. The molecule has 0 saturated heterocycles. The molecule has 0 spiro atoms. The second-order valence-corrected chi connectivity index (χ2v) is 7.76. The van der Waals surface area contributed by atoms with E-state index in [0.717, 1.165) is 34.4 Å². The quantitative estimate of drug-likeness (QED) is 0.801. The molecule has 140 valence electrons. The number of carbonyl (C=O) groups excluding carboxylic acids is 1. The number of aromatic nitrogens is 1. The zero-order valence-corrected chi connectivity index (χ0v) is 16.3. The maximum atomic E-state index is 11.7. The summed E-state index contributed by atoms with van der Waals surface area (Å²) in [7, 11) is 0. The van der Waals surface area contributed by atoms with E-state index >= 15 is 0 Å². The van der Waals surface area contributed by atoms with Gasteiger partial charge in [-0.15, -0.1) is 0 Å². The molecule has 0 atom stereocenters. The van der Waals surface area contributed by atoms with Gasteiger partial charge in [-0.25, -0.2) is 0 Å². The molecule has 0 fully saturated rings. The third-order valence-electron chi connectivity index (χ3n) is 4.13. The van der Waals surface area contributed by atoms with E-state index in [2.05, 4.69) is 20.8 Å². The lowest BCUT2D eigenvalue weighted by Gasteiger charge is -2.23. The predicted molar refractivity (Wildman–Crippen MR) is 105 cm³/mol. The molecule has 2 rings (SSSR count). The van der Waals surface area contributed by atoms with E-state index in [4.69, 9.17) is 21.2 Å². The van der Waals surface area contributed by atoms with Crippen LogP contribution in [0.4, 0.5) is 0 Å².